The first-order chi connectivity index (χ1) is 13.0. The van der Waals surface area contributed by atoms with Gasteiger partial charge in [0.05, 0.1) is 10.0 Å². The lowest BCUT2D eigenvalue weighted by atomic mass is 10.1. The number of amides is 1. The largest absolute Gasteiger partial charge is 0.337 e. The van der Waals surface area contributed by atoms with Crippen LogP contribution < -0.4 is 0 Å². The van der Waals surface area contributed by atoms with Crippen molar-refractivity contribution in [3.05, 3.63) is 69.0 Å². The zero-order chi connectivity index (χ0) is 19.0. The summed E-state index contributed by atoms with van der Waals surface area (Å²) in [4.78, 5) is 19.2. The molecule has 4 rings (SSSR count). The molecule has 2 heterocycles. The van der Waals surface area contributed by atoms with E-state index in [0.29, 0.717) is 38.9 Å². The van der Waals surface area contributed by atoms with Gasteiger partial charge in [0.25, 0.3) is 5.91 Å². The Kier molecular flexibility index (Phi) is 5.08. The Morgan fingerprint density at radius 2 is 1.85 bits per heavy atom. The smallest absolute Gasteiger partial charge is 0.254 e. The molecule has 1 amide bonds. The van der Waals surface area contributed by atoms with Crippen LogP contribution in [-0.2, 0) is 0 Å². The standard InChI is InChI=1S/C19H14Cl3N3O2/c20-13-6-3-11(4-7-13)17-23-18(27-24-17)16-2-1-9-25(16)19(26)12-5-8-14(21)15(22)10-12/h3-8,10,16H,1-2,9H2. The number of rotatable bonds is 3. The number of carbonyl (C=O) groups is 1. The van der Waals surface area contributed by atoms with Crippen LogP contribution in [-0.4, -0.2) is 27.5 Å². The van der Waals surface area contributed by atoms with Gasteiger partial charge in [0.1, 0.15) is 6.04 Å². The molecule has 3 aromatic rings. The molecule has 8 heteroatoms. The van der Waals surface area contributed by atoms with E-state index in [-0.39, 0.29) is 11.9 Å². The summed E-state index contributed by atoms with van der Waals surface area (Å²) in [6, 6.07) is 11.8. The molecule has 0 bridgehead atoms. The fraction of sp³-hybridized carbons (Fsp3) is 0.211. The molecule has 1 aliphatic rings. The van der Waals surface area contributed by atoms with Crippen molar-refractivity contribution in [3.63, 3.8) is 0 Å². The molecule has 1 aliphatic heterocycles. The highest BCUT2D eigenvalue weighted by molar-refractivity contribution is 6.42. The average molecular weight is 423 g/mol. The van der Waals surface area contributed by atoms with Gasteiger partial charge in [-0.05, 0) is 55.3 Å². The summed E-state index contributed by atoms with van der Waals surface area (Å²) in [6.07, 6.45) is 1.62. The fourth-order valence-electron chi connectivity index (χ4n) is 3.15. The van der Waals surface area contributed by atoms with Crippen molar-refractivity contribution in [3.8, 4) is 11.4 Å². The van der Waals surface area contributed by atoms with E-state index in [4.69, 9.17) is 39.3 Å². The Labute approximate surface area is 170 Å². The van der Waals surface area contributed by atoms with E-state index in [0.717, 1.165) is 18.4 Å². The highest BCUT2D eigenvalue weighted by Gasteiger charge is 2.34. The van der Waals surface area contributed by atoms with Gasteiger partial charge in [0.15, 0.2) is 0 Å². The number of benzene rings is 2. The predicted molar refractivity (Wildman–Crippen MR) is 104 cm³/mol. The Bertz CT molecular complexity index is 988. The van der Waals surface area contributed by atoms with Crippen molar-refractivity contribution >= 4 is 40.7 Å². The highest BCUT2D eigenvalue weighted by Crippen LogP contribution is 2.34. The van der Waals surface area contributed by atoms with Crippen molar-refractivity contribution in [2.75, 3.05) is 6.54 Å². The van der Waals surface area contributed by atoms with Crippen LogP contribution in [0.25, 0.3) is 11.4 Å². The lowest BCUT2D eigenvalue weighted by Gasteiger charge is -2.22. The van der Waals surface area contributed by atoms with Crippen LogP contribution in [0, 0.1) is 0 Å². The van der Waals surface area contributed by atoms with Gasteiger partial charge in [-0.3, -0.25) is 4.79 Å². The van der Waals surface area contributed by atoms with E-state index in [2.05, 4.69) is 10.1 Å². The number of likely N-dealkylation sites (tertiary alicyclic amines) is 1. The van der Waals surface area contributed by atoms with E-state index < -0.39 is 0 Å². The Morgan fingerprint density at radius 1 is 1.07 bits per heavy atom. The summed E-state index contributed by atoms with van der Waals surface area (Å²) in [5.41, 5.74) is 1.28. The van der Waals surface area contributed by atoms with Crippen molar-refractivity contribution in [2.24, 2.45) is 0 Å². The van der Waals surface area contributed by atoms with Crippen LogP contribution >= 0.6 is 34.8 Å². The van der Waals surface area contributed by atoms with E-state index >= 15 is 0 Å². The lowest BCUT2D eigenvalue weighted by Crippen LogP contribution is -2.30. The van der Waals surface area contributed by atoms with E-state index in [1.54, 1.807) is 35.2 Å². The third-order valence-corrected chi connectivity index (χ3v) is 5.50. The average Bonchev–Trinajstić information content (AvgIpc) is 3.33. The third kappa shape index (κ3) is 3.68. The summed E-state index contributed by atoms with van der Waals surface area (Å²) >= 11 is 17.9. The Balaban J connectivity index is 1.59. The molecule has 1 saturated heterocycles. The van der Waals surface area contributed by atoms with E-state index in [1.165, 1.54) is 0 Å². The Morgan fingerprint density at radius 3 is 2.59 bits per heavy atom. The summed E-state index contributed by atoms with van der Waals surface area (Å²) in [5.74, 6) is 0.753. The second kappa shape index (κ2) is 7.50. The van der Waals surface area contributed by atoms with Gasteiger partial charge >= 0.3 is 0 Å². The van der Waals surface area contributed by atoms with Crippen LogP contribution in [0.5, 0.6) is 0 Å². The first-order valence-electron chi connectivity index (χ1n) is 8.38. The summed E-state index contributed by atoms with van der Waals surface area (Å²) < 4.78 is 5.46. The van der Waals surface area contributed by atoms with Gasteiger partial charge < -0.3 is 9.42 Å². The van der Waals surface area contributed by atoms with Gasteiger partial charge in [-0.25, -0.2) is 0 Å². The highest BCUT2D eigenvalue weighted by atomic mass is 35.5. The zero-order valence-electron chi connectivity index (χ0n) is 14.0. The molecule has 27 heavy (non-hydrogen) atoms. The topological polar surface area (TPSA) is 59.2 Å². The molecule has 1 fully saturated rings. The van der Waals surface area contributed by atoms with Gasteiger partial charge in [0, 0.05) is 22.7 Å². The quantitative estimate of drug-likeness (QED) is 0.545. The molecule has 0 N–H and O–H groups in total. The van der Waals surface area contributed by atoms with Crippen molar-refractivity contribution in [1.29, 1.82) is 0 Å². The molecular weight excluding hydrogens is 409 g/mol. The van der Waals surface area contributed by atoms with Gasteiger partial charge in [-0.1, -0.05) is 40.0 Å². The molecule has 2 aromatic carbocycles. The minimum Gasteiger partial charge on any atom is -0.337 e. The predicted octanol–water partition coefficient (Wildman–Crippen LogP) is 5.67. The number of nitrogens with zero attached hydrogens (tertiary/aromatic N) is 3. The number of carbonyl (C=O) groups excluding carboxylic acids is 1. The minimum absolute atomic E-state index is 0.137. The summed E-state index contributed by atoms with van der Waals surface area (Å²) in [7, 11) is 0. The first-order valence-corrected chi connectivity index (χ1v) is 9.52. The van der Waals surface area contributed by atoms with Gasteiger partial charge in [-0.2, -0.15) is 4.98 Å². The second-order valence-electron chi connectivity index (χ2n) is 6.25. The molecule has 0 aliphatic carbocycles. The molecular formula is C19H14Cl3N3O2. The molecule has 1 atom stereocenters. The fourth-order valence-corrected chi connectivity index (χ4v) is 3.57. The number of halogens is 3. The van der Waals surface area contributed by atoms with Crippen LogP contribution in [0.3, 0.4) is 0 Å². The monoisotopic (exact) mass is 421 g/mol. The minimum atomic E-state index is -0.263. The van der Waals surface area contributed by atoms with Crippen molar-refractivity contribution in [1.82, 2.24) is 15.0 Å². The van der Waals surface area contributed by atoms with Crippen LogP contribution in [0.4, 0.5) is 0 Å². The molecule has 5 nitrogen and oxygen atoms in total. The Hall–Kier alpha value is -2.08. The second-order valence-corrected chi connectivity index (χ2v) is 7.50. The summed E-state index contributed by atoms with van der Waals surface area (Å²) in [6.45, 7) is 0.613. The first kappa shape index (κ1) is 18.3. The lowest BCUT2D eigenvalue weighted by molar-refractivity contribution is 0.0710. The normalized spacial score (nSPS) is 16.7. The SMILES string of the molecule is O=C(c1ccc(Cl)c(Cl)c1)N1CCCC1c1nc(-c2ccc(Cl)cc2)no1. The maximum absolute atomic E-state index is 12.9. The van der Waals surface area contributed by atoms with Crippen LogP contribution in [0.2, 0.25) is 15.1 Å². The third-order valence-electron chi connectivity index (χ3n) is 4.51. The maximum atomic E-state index is 12.9. The molecule has 0 spiro atoms. The van der Waals surface area contributed by atoms with Gasteiger partial charge in [0.2, 0.25) is 11.7 Å². The number of hydrogen-bond donors (Lipinski definition) is 0. The van der Waals surface area contributed by atoms with Crippen LogP contribution in [0.15, 0.2) is 47.0 Å². The molecule has 0 radical (unpaired) electrons. The van der Waals surface area contributed by atoms with Crippen molar-refractivity contribution < 1.29 is 9.32 Å². The molecule has 1 unspecified atom stereocenters. The van der Waals surface area contributed by atoms with E-state index in [9.17, 15) is 4.79 Å². The summed E-state index contributed by atoms with van der Waals surface area (Å²) in [5, 5.41) is 5.44. The molecule has 0 saturated carbocycles. The number of aromatic nitrogens is 2. The van der Waals surface area contributed by atoms with Crippen molar-refractivity contribution in [2.45, 2.75) is 18.9 Å². The van der Waals surface area contributed by atoms with Crippen LogP contribution in [0.1, 0.15) is 35.1 Å². The molecule has 138 valence electrons. The van der Waals surface area contributed by atoms with E-state index in [1.807, 2.05) is 12.1 Å². The molecule has 1 aromatic heterocycles. The number of hydrogen-bond acceptors (Lipinski definition) is 4. The maximum Gasteiger partial charge on any atom is 0.254 e. The van der Waals surface area contributed by atoms with Gasteiger partial charge in [-0.15, -0.1) is 0 Å². The zero-order valence-corrected chi connectivity index (χ0v) is 16.3.